The highest BCUT2D eigenvalue weighted by atomic mass is 15.3. The summed E-state index contributed by atoms with van der Waals surface area (Å²) in [7, 11) is 1.86. The third-order valence-corrected chi connectivity index (χ3v) is 2.34. The number of nitrogens with zero attached hydrogens (tertiary/aromatic N) is 3. The van der Waals surface area contributed by atoms with Crippen molar-refractivity contribution in [3.63, 3.8) is 0 Å². The maximum atomic E-state index is 4.26. The summed E-state index contributed by atoms with van der Waals surface area (Å²) in [5.41, 5.74) is 2.31. The fourth-order valence-electron chi connectivity index (χ4n) is 1.40. The number of hydrogen-bond acceptors (Lipinski definition) is 3. The number of pyridine rings is 1. The summed E-state index contributed by atoms with van der Waals surface area (Å²) in [4.78, 5) is 4.26. The van der Waals surface area contributed by atoms with E-state index < -0.39 is 0 Å². The van der Waals surface area contributed by atoms with Gasteiger partial charge in [-0.3, -0.25) is 4.68 Å². The third-order valence-electron chi connectivity index (χ3n) is 2.34. The molecule has 0 aliphatic rings. The normalized spacial score (nSPS) is 10.3. The highest BCUT2D eigenvalue weighted by Crippen LogP contribution is 2.07. The summed E-state index contributed by atoms with van der Waals surface area (Å²) < 4.78 is 1.95. The van der Waals surface area contributed by atoms with E-state index in [9.17, 15) is 0 Å². The highest BCUT2D eigenvalue weighted by Gasteiger charge is 1.99. The van der Waals surface area contributed by atoms with Gasteiger partial charge in [-0.25, -0.2) is 4.98 Å². The number of aromatic nitrogens is 3. The standard InChI is InChI=1S/C11H14N4/c1-9-5-6-14-15(9)8-10-3-4-11(12-2)13-7-10/h3-7H,8H2,1-2H3,(H,12,13). The molecule has 0 aliphatic carbocycles. The Balaban J connectivity index is 2.14. The molecule has 4 nitrogen and oxygen atoms in total. The molecule has 2 heterocycles. The molecule has 0 amide bonds. The lowest BCUT2D eigenvalue weighted by molar-refractivity contribution is 0.663. The maximum absolute atomic E-state index is 4.26. The van der Waals surface area contributed by atoms with E-state index in [4.69, 9.17) is 0 Å². The molecule has 78 valence electrons. The van der Waals surface area contributed by atoms with Crippen molar-refractivity contribution in [1.29, 1.82) is 0 Å². The Morgan fingerprint density at radius 1 is 1.33 bits per heavy atom. The van der Waals surface area contributed by atoms with E-state index in [-0.39, 0.29) is 0 Å². The number of anilines is 1. The Hall–Kier alpha value is -1.84. The Labute approximate surface area is 89.0 Å². The van der Waals surface area contributed by atoms with Crippen LogP contribution in [0.25, 0.3) is 0 Å². The van der Waals surface area contributed by atoms with E-state index in [1.54, 1.807) is 0 Å². The van der Waals surface area contributed by atoms with Crippen LogP contribution in [0.2, 0.25) is 0 Å². The second kappa shape index (κ2) is 4.13. The van der Waals surface area contributed by atoms with Gasteiger partial charge in [-0.1, -0.05) is 6.07 Å². The van der Waals surface area contributed by atoms with Gasteiger partial charge in [0.1, 0.15) is 5.82 Å². The molecule has 15 heavy (non-hydrogen) atoms. The van der Waals surface area contributed by atoms with Gasteiger partial charge in [0.05, 0.1) is 6.54 Å². The van der Waals surface area contributed by atoms with Crippen LogP contribution in [0.5, 0.6) is 0 Å². The second-order valence-electron chi connectivity index (χ2n) is 3.43. The quantitative estimate of drug-likeness (QED) is 0.823. The number of aryl methyl sites for hydroxylation is 1. The molecular formula is C11H14N4. The Kier molecular flexibility index (Phi) is 2.67. The summed E-state index contributed by atoms with van der Waals surface area (Å²) >= 11 is 0. The van der Waals surface area contributed by atoms with E-state index in [1.807, 2.05) is 43.2 Å². The molecule has 2 aromatic rings. The Bertz CT molecular complexity index is 430. The van der Waals surface area contributed by atoms with Crippen molar-refractivity contribution in [3.05, 3.63) is 41.9 Å². The molecule has 0 unspecified atom stereocenters. The zero-order valence-electron chi connectivity index (χ0n) is 8.94. The molecule has 1 N–H and O–H groups in total. The van der Waals surface area contributed by atoms with Gasteiger partial charge in [-0.2, -0.15) is 5.10 Å². The minimum Gasteiger partial charge on any atom is -0.373 e. The summed E-state index contributed by atoms with van der Waals surface area (Å²) in [6.45, 7) is 2.82. The van der Waals surface area contributed by atoms with Crippen LogP contribution in [0.1, 0.15) is 11.3 Å². The Morgan fingerprint density at radius 3 is 2.73 bits per heavy atom. The number of hydrogen-bond donors (Lipinski definition) is 1. The van der Waals surface area contributed by atoms with E-state index >= 15 is 0 Å². The molecule has 0 fully saturated rings. The molecule has 0 radical (unpaired) electrons. The molecule has 0 spiro atoms. The van der Waals surface area contributed by atoms with Crippen molar-refractivity contribution in [1.82, 2.24) is 14.8 Å². The first-order chi connectivity index (χ1) is 7.29. The van der Waals surface area contributed by atoms with Gasteiger partial charge in [-0.05, 0) is 24.6 Å². The molecule has 4 heteroatoms. The predicted molar refractivity (Wildman–Crippen MR) is 59.8 cm³/mol. The van der Waals surface area contributed by atoms with Crippen LogP contribution in [-0.2, 0) is 6.54 Å². The first kappa shape index (κ1) is 9.71. The van der Waals surface area contributed by atoms with Crippen LogP contribution in [0.3, 0.4) is 0 Å². The Morgan fingerprint density at radius 2 is 2.20 bits per heavy atom. The summed E-state index contributed by atoms with van der Waals surface area (Å²) in [6, 6.07) is 6.02. The van der Waals surface area contributed by atoms with Gasteiger partial charge in [0.2, 0.25) is 0 Å². The SMILES string of the molecule is CNc1ccc(Cn2nccc2C)cn1. The van der Waals surface area contributed by atoms with Gasteiger partial charge in [-0.15, -0.1) is 0 Å². The van der Waals surface area contributed by atoms with Crippen LogP contribution in [-0.4, -0.2) is 21.8 Å². The fourth-order valence-corrected chi connectivity index (χ4v) is 1.40. The minimum atomic E-state index is 0.774. The van der Waals surface area contributed by atoms with Crippen LogP contribution in [0.15, 0.2) is 30.6 Å². The van der Waals surface area contributed by atoms with Gasteiger partial charge in [0.15, 0.2) is 0 Å². The van der Waals surface area contributed by atoms with Crippen molar-refractivity contribution in [2.75, 3.05) is 12.4 Å². The lowest BCUT2D eigenvalue weighted by Crippen LogP contribution is -2.04. The smallest absolute Gasteiger partial charge is 0.125 e. The summed E-state index contributed by atoms with van der Waals surface area (Å²) in [5, 5.41) is 7.22. The zero-order valence-corrected chi connectivity index (χ0v) is 8.94. The zero-order chi connectivity index (χ0) is 10.7. The monoisotopic (exact) mass is 202 g/mol. The first-order valence-corrected chi connectivity index (χ1v) is 4.90. The molecule has 2 aromatic heterocycles. The minimum absolute atomic E-state index is 0.774. The molecule has 0 aliphatic heterocycles. The van der Waals surface area contributed by atoms with E-state index in [2.05, 4.69) is 21.5 Å². The maximum Gasteiger partial charge on any atom is 0.125 e. The molecule has 0 atom stereocenters. The highest BCUT2D eigenvalue weighted by molar-refractivity contribution is 5.34. The molecule has 0 bridgehead atoms. The van der Waals surface area contributed by atoms with Crippen molar-refractivity contribution < 1.29 is 0 Å². The van der Waals surface area contributed by atoms with Crippen molar-refractivity contribution in [2.45, 2.75) is 13.5 Å². The average Bonchev–Trinajstić information content (AvgIpc) is 2.66. The van der Waals surface area contributed by atoms with Gasteiger partial charge < -0.3 is 5.32 Å². The van der Waals surface area contributed by atoms with E-state index in [1.165, 1.54) is 0 Å². The predicted octanol–water partition coefficient (Wildman–Crippen LogP) is 1.68. The third kappa shape index (κ3) is 2.15. The topological polar surface area (TPSA) is 42.7 Å². The first-order valence-electron chi connectivity index (χ1n) is 4.90. The van der Waals surface area contributed by atoms with Crippen LogP contribution >= 0.6 is 0 Å². The van der Waals surface area contributed by atoms with Gasteiger partial charge >= 0.3 is 0 Å². The molecule has 0 aromatic carbocycles. The molecule has 2 rings (SSSR count). The van der Waals surface area contributed by atoms with Crippen LogP contribution < -0.4 is 5.32 Å². The summed E-state index contributed by atoms with van der Waals surface area (Å²) in [5.74, 6) is 0.885. The van der Waals surface area contributed by atoms with Gasteiger partial charge in [0.25, 0.3) is 0 Å². The van der Waals surface area contributed by atoms with Crippen molar-refractivity contribution >= 4 is 5.82 Å². The molecule has 0 saturated heterocycles. The lowest BCUT2D eigenvalue weighted by Gasteiger charge is -2.05. The second-order valence-corrected chi connectivity index (χ2v) is 3.43. The van der Waals surface area contributed by atoms with Crippen molar-refractivity contribution in [3.8, 4) is 0 Å². The van der Waals surface area contributed by atoms with E-state index in [0.717, 1.165) is 23.6 Å². The lowest BCUT2D eigenvalue weighted by atomic mass is 10.3. The van der Waals surface area contributed by atoms with Gasteiger partial charge in [0, 0.05) is 25.1 Å². The fraction of sp³-hybridized carbons (Fsp3) is 0.273. The van der Waals surface area contributed by atoms with Crippen LogP contribution in [0, 0.1) is 6.92 Å². The number of rotatable bonds is 3. The summed E-state index contributed by atoms with van der Waals surface area (Å²) in [6.07, 6.45) is 3.68. The average molecular weight is 202 g/mol. The largest absolute Gasteiger partial charge is 0.373 e. The molecular weight excluding hydrogens is 188 g/mol. The van der Waals surface area contributed by atoms with E-state index in [0.29, 0.717) is 0 Å². The van der Waals surface area contributed by atoms with Crippen molar-refractivity contribution in [2.24, 2.45) is 0 Å². The number of nitrogens with one attached hydrogen (secondary N) is 1. The molecule has 0 saturated carbocycles. The van der Waals surface area contributed by atoms with Crippen LogP contribution in [0.4, 0.5) is 5.82 Å².